The number of nitrogens with two attached hydrogens (primary N) is 2. The highest BCUT2D eigenvalue weighted by molar-refractivity contribution is 5.61. The Balaban J connectivity index is 0.000000924. The number of anilines is 2. The van der Waals surface area contributed by atoms with E-state index in [0.717, 1.165) is 31.7 Å². The number of aromatic nitrogens is 4. The molecule has 3 rings (SSSR count). The second-order valence-corrected chi connectivity index (χ2v) is 5.06. The van der Waals surface area contributed by atoms with Crippen LogP contribution in [0.2, 0.25) is 0 Å². The molecule has 0 aliphatic carbocycles. The molecule has 7 nitrogen and oxygen atoms in total. The third-order valence-corrected chi connectivity index (χ3v) is 3.53. The van der Waals surface area contributed by atoms with Crippen molar-refractivity contribution >= 4 is 11.8 Å². The van der Waals surface area contributed by atoms with Crippen LogP contribution in [0.25, 0.3) is 11.4 Å². The smallest absolute Gasteiger partial charge is 0.333 e. The molecule has 0 radical (unpaired) electrons. The lowest BCUT2D eigenvalue weighted by atomic mass is 10.2. The van der Waals surface area contributed by atoms with Crippen molar-refractivity contribution in [2.75, 3.05) is 30.8 Å². The van der Waals surface area contributed by atoms with E-state index in [2.05, 4.69) is 25.7 Å². The SMILES string of the molecule is CN.Cc1cc(-c2cc(N3CCCC3)nc(N)n2)nn1C(F)F. The Hall–Kier alpha value is -2.29. The summed E-state index contributed by atoms with van der Waals surface area (Å²) in [5.41, 5.74) is 11.5. The summed E-state index contributed by atoms with van der Waals surface area (Å²) in [5, 5.41) is 3.89. The van der Waals surface area contributed by atoms with Crippen LogP contribution in [0.3, 0.4) is 0 Å². The third kappa shape index (κ3) is 3.73. The Labute approximate surface area is 133 Å². The molecule has 0 unspecified atom stereocenters. The van der Waals surface area contributed by atoms with Gasteiger partial charge < -0.3 is 16.4 Å². The van der Waals surface area contributed by atoms with E-state index in [-0.39, 0.29) is 5.95 Å². The molecular formula is C14H21F2N7. The van der Waals surface area contributed by atoms with Crippen LogP contribution >= 0.6 is 0 Å². The van der Waals surface area contributed by atoms with Gasteiger partial charge in [0.05, 0.1) is 5.69 Å². The molecular weight excluding hydrogens is 304 g/mol. The van der Waals surface area contributed by atoms with Gasteiger partial charge in [-0.1, -0.05) is 0 Å². The molecule has 3 heterocycles. The largest absolute Gasteiger partial charge is 0.368 e. The maximum Gasteiger partial charge on any atom is 0.333 e. The number of alkyl halides is 2. The highest BCUT2D eigenvalue weighted by atomic mass is 19.3. The van der Waals surface area contributed by atoms with Gasteiger partial charge in [-0.2, -0.15) is 18.9 Å². The minimum absolute atomic E-state index is 0.124. The van der Waals surface area contributed by atoms with E-state index in [1.165, 1.54) is 7.05 Å². The van der Waals surface area contributed by atoms with E-state index in [1.54, 1.807) is 19.1 Å². The van der Waals surface area contributed by atoms with Gasteiger partial charge in [-0.15, -0.1) is 0 Å². The lowest BCUT2D eigenvalue weighted by Gasteiger charge is -2.16. The van der Waals surface area contributed by atoms with Gasteiger partial charge in [0.1, 0.15) is 11.5 Å². The summed E-state index contributed by atoms with van der Waals surface area (Å²) in [7, 11) is 1.50. The number of rotatable bonds is 3. The van der Waals surface area contributed by atoms with Gasteiger partial charge in [-0.3, -0.25) is 0 Å². The van der Waals surface area contributed by atoms with Gasteiger partial charge in [-0.25, -0.2) is 9.67 Å². The van der Waals surface area contributed by atoms with Crippen molar-refractivity contribution in [3.05, 3.63) is 17.8 Å². The van der Waals surface area contributed by atoms with E-state index in [0.29, 0.717) is 21.8 Å². The Morgan fingerprint density at radius 3 is 2.30 bits per heavy atom. The fourth-order valence-corrected chi connectivity index (χ4v) is 2.50. The second-order valence-electron chi connectivity index (χ2n) is 5.06. The van der Waals surface area contributed by atoms with Crippen molar-refractivity contribution in [2.24, 2.45) is 5.73 Å². The molecule has 1 saturated heterocycles. The third-order valence-electron chi connectivity index (χ3n) is 3.53. The van der Waals surface area contributed by atoms with Gasteiger partial charge in [0.25, 0.3) is 0 Å². The molecule has 1 fully saturated rings. The molecule has 0 bridgehead atoms. The van der Waals surface area contributed by atoms with Gasteiger partial charge >= 0.3 is 6.55 Å². The molecule has 1 aliphatic heterocycles. The first-order valence-corrected chi connectivity index (χ1v) is 7.36. The van der Waals surface area contributed by atoms with E-state index >= 15 is 0 Å². The Morgan fingerprint density at radius 2 is 1.74 bits per heavy atom. The summed E-state index contributed by atoms with van der Waals surface area (Å²) in [6, 6.07) is 3.32. The highest BCUT2D eigenvalue weighted by Crippen LogP contribution is 2.26. The van der Waals surface area contributed by atoms with Gasteiger partial charge in [0, 0.05) is 24.8 Å². The van der Waals surface area contributed by atoms with E-state index in [9.17, 15) is 8.78 Å². The van der Waals surface area contributed by atoms with Crippen molar-refractivity contribution < 1.29 is 8.78 Å². The number of halogens is 2. The lowest BCUT2D eigenvalue weighted by Crippen LogP contribution is -2.19. The molecule has 1 aliphatic rings. The first-order chi connectivity index (χ1) is 11.0. The highest BCUT2D eigenvalue weighted by Gasteiger charge is 2.18. The summed E-state index contributed by atoms with van der Waals surface area (Å²) in [6.07, 6.45) is 2.22. The maximum atomic E-state index is 12.8. The Morgan fingerprint density at radius 1 is 1.09 bits per heavy atom. The molecule has 0 amide bonds. The molecule has 0 atom stereocenters. The monoisotopic (exact) mass is 325 g/mol. The van der Waals surface area contributed by atoms with Crippen molar-refractivity contribution in [1.82, 2.24) is 19.7 Å². The summed E-state index contributed by atoms with van der Waals surface area (Å²) < 4.78 is 26.3. The summed E-state index contributed by atoms with van der Waals surface area (Å²) in [6.45, 7) is 0.742. The standard InChI is InChI=1S/C13H16F2N6.CH5N/c1-8-6-10(19-21(8)12(14)15)9-7-11(18-13(16)17-9)20-4-2-3-5-20;1-2/h6-7,12H,2-5H2,1H3,(H2,16,17,18);2H2,1H3. The van der Waals surface area contributed by atoms with Crippen LogP contribution in [-0.2, 0) is 0 Å². The molecule has 23 heavy (non-hydrogen) atoms. The summed E-state index contributed by atoms with van der Waals surface area (Å²) >= 11 is 0. The van der Waals surface area contributed by atoms with Crippen LogP contribution in [0.5, 0.6) is 0 Å². The number of nitrogens with zero attached hydrogens (tertiary/aromatic N) is 5. The fourth-order valence-electron chi connectivity index (χ4n) is 2.50. The molecule has 9 heteroatoms. The first kappa shape index (κ1) is 17.1. The second kappa shape index (κ2) is 7.32. The molecule has 0 spiro atoms. The normalized spacial score (nSPS) is 14.1. The van der Waals surface area contributed by atoms with Crippen LogP contribution in [0.4, 0.5) is 20.5 Å². The summed E-state index contributed by atoms with van der Waals surface area (Å²) in [5.74, 6) is 0.845. The zero-order valence-electron chi connectivity index (χ0n) is 13.2. The van der Waals surface area contributed by atoms with Crippen LogP contribution in [-0.4, -0.2) is 39.9 Å². The van der Waals surface area contributed by atoms with Crippen molar-refractivity contribution in [1.29, 1.82) is 0 Å². The predicted molar refractivity (Wildman–Crippen MR) is 85.2 cm³/mol. The topological polar surface area (TPSA) is 98.9 Å². The Kier molecular flexibility index (Phi) is 5.43. The number of hydrogen-bond acceptors (Lipinski definition) is 6. The molecule has 0 aromatic carbocycles. The molecule has 0 saturated carbocycles. The van der Waals surface area contributed by atoms with E-state index in [4.69, 9.17) is 5.73 Å². The molecule has 126 valence electrons. The average Bonchev–Trinajstić information content (AvgIpc) is 3.18. The lowest BCUT2D eigenvalue weighted by molar-refractivity contribution is 0.0546. The fraction of sp³-hybridized carbons (Fsp3) is 0.500. The predicted octanol–water partition coefficient (Wildman–Crippen LogP) is 1.80. The van der Waals surface area contributed by atoms with E-state index in [1.807, 2.05) is 0 Å². The van der Waals surface area contributed by atoms with Crippen LogP contribution in [0, 0.1) is 6.92 Å². The van der Waals surface area contributed by atoms with E-state index < -0.39 is 6.55 Å². The van der Waals surface area contributed by atoms with Gasteiger partial charge in [0.15, 0.2) is 0 Å². The zero-order valence-corrected chi connectivity index (χ0v) is 13.2. The molecule has 2 aromatic heterocycles. The average molecular weight is 325 g/mol. The maximum absolute atomic E-state index is 12.8. The first-order valence-electron chi connectivity index (χ1n) is 7.36. The van der Waals surface area contributed by atoms with Crippen molar-refractivity contribution in [2.45, 2.75) is 26.3 Å². The van der Waals surface area contributed by atoms with Gasteiger partial charge in [-0.05, 0) is 32.9 Å². The number of nitrogen functional groups attached to an aromatic ring is 1. The summed E-state index contributed by atoms with van der Waals surface area (Å²) in [4.78, 5) is 10.4. The molecule has 4 N–H and O–H groups in total. The number of hydrogen-bond donors (Lipinski definition) is 2. The van der Waals surface area contributed by atoms with Crippen LogP contribution in [0.15, 0.2) is 12.1 Å². The zero-order chi connectivity index (χ0) is 17.0. The Bertz CT molecular complexity index is 651. The minimum atomic E-state index is -2.67. The minimum Gasteiger partial charge on any atom is -0.368 e. The number of aryl methyl sites for hydroxylation is 1. The quantitative estimate of drug-likeness (QED) is 0.893. The van der Waals surface area contributed by atoms with Crippen molar-refractivity contribution in [3.63, 3.8) is 0 Å². The molecule has 2 aromatic rings. The van der Waals surface area contributed by atoms with Gasteiger partial charge in [0.2, 0.25) is 5.95 Å². The van der Waals surface area contributed by atoms with Crippen LogP contribution in [0.1, 0.15) is 25.1 Å². The van der Waals surface area contributed by atoms with Crippen LogP contribution < -0.4 is 16.4 Å². The van der Waals surface area contributed by atoms with Crippen molar-refractivity contribution in [3.8, 4) is 11.4 Å².